The summed E-state index contributed by atoms with van der Waals surface area (Å²) in [5.74, 6) is 1.31. The number of anilines is 3. The molecule has 1 aliphatic rings. The van der Waals surface area contributed by atoms with Crippen LogP contribution in [0.5, 0.6) is 0 Å². The van der Waals surface area contributed by atoms with Crippen LogP contribution in [0.4, 0.5) is 16.9 Å². The summed E-state index contributed by atoms with van der Waals surface area (Å²) in [6.45, 7) is 3.73. The zero-order valence-electron chi connectivity index (χ0n) is 11.3. The summed E-state index contributed by atoms with van der Waals surface area (Å²) in [5, 5.41) is 6.24. The number of hydrogen-bond donors (Lipinski definition) is 1. The van der Waals surface area contributed by atoms with Gasteiger partial charge in [0.15, 0.2) is 5.13 Å². The van der Waals surface area contributed by atoms with E-state index in [1.54, 1.807) is 22.7 Å². The van der Waals surface area contributed by atoms with Crippen molar-refractivity contribution < 1.29 is 0 Å². The van der Waals surface area contributed by atoms with Crippen molar-refractivity contribution in [2.24, 2.45) is 0 Å². The molecule has 1 fully saturated rings. The van der Waals surface area contributed by atoms with Crippen LogP contribution >= 0.6 is 22.7 Å². The van der Waals surface area contributed by atoms with Crippen LogP contribution in [0, 0.1) is 0 Å². The fourth-order valence-electron chi connectivity index (χ4n) is 2.58. The van der Waals surface area contributed by atoms with Gasteiger partial charge < -0.3 is 15.5 Å². The van der Waals surface area contributed by atoms with Crippen molar-refractivity contribution in [3.8, 4) is 0 Å². The zero-order chi connectivity index (χ0) is 14.2. The van der Waals surface area contributed by atoms with E-state index >= 15 is 0 Å². The molecule has 6 nitrogen and oxygen atoms in total. The van der Waals surface area contributed by atoms with E-state index in [1.807, 2.05) is 17.0 Å². The Bertz CT molecular complexity index is 745. The smallest absolute Gasteiger partial charge is 0.223 e. The molecular formula is C13H14N6S2. The summed E-state index contributed by atoms with van der Waals surface area (Å²) < 4.78 is 0. The number of nitrogens with zero attached hydrogens (tertiary/aromatic N) is 5. The summed E-state index contributed by atoms with van der Waals surface area (Å²) in [4.78, 5) is 18.7. The van der Waals surface area contributed by atoms with Crippen molar-refractivity contribution in [1.29, 1.82) is 0 Å². The molecule has 108 valence electrons. The first-order chi connectivity index (χ1) is 10.3. The molecule has 0 unspecified atom stereocenters. The SMILES string of the molecule is Nc1nc(N2CCN(c3nccs3)CC2)c2ccsc2n1. The number of hydrogen-bond acceptors (Lipinski definition) is 8. The molecule has 4 rings (SSSR count). The van der Waals surface area contributed by atoms with Gasteiger partial charge in [-0.1, -0.05) is 0 Å². The van der Waals surface area contributed by atoms with Crippen LogP contribution in [-0.2, 0) is 0 Å². The van der Waals surface area contributed by atoms with E-state index in [2.05, 4.69) is 30.8 Å². The highest BCUT2D eigenvalue weighted by molar-refractivity contribution is 7.16. The number of fused-ring (bicyclic) bond motifs is 1. The predicted octanol–water partition coefficient (Wildman–Crippen LogP) is 2.06. The van der Waals surface area contributed by atoms with Gasteiger partial charge in [0.05, 0.1) is 5.39 Å². The normalized spacial score (nSPS) is 15.8. The Hall–Kier alpha value is -1.93. The van der Waals surface area contributed by atoms with Gasteiger partial charge in [-0.15, -0.1) is 22.7 Å². The van der Waals surface area contributed by atoms with Crippen LogP contribution in [0.15, 0.2) is 23.0 Å². The van der Waals surface area contributed by atoms with Crippen LogP contribution in [-0.4, -0.2) is 41.1 Å². The van der Waals surface area contributed by atoms with E-state index in [-0.39, 0.29) is 0 Å². The molecule has 0 amide bonds. The number of nitrogen functional groups attached to an aromatic ring is 1. The van der Waals surface area contributed by atoms with Gasteiger partial charge in [0.2, 0.25) is 5.95 Å². The quantitative estimate of drug-likeness (QED) is 0.780. The summed E-state index contributed by atoms with van der Waals surface area (Å²) in [6.07, 6.45) is 1.85. The van der Waals surface area contributed by atoms with E-state index in [9.17, 15) is 0 Å². The number of thiazole rings is 1. The third-order valence-electron chi connectivity index (χ3n) is 3.59. The second-order valence-electron chi connectivity index (χ2n) is 4.83. The molecule has 21 heavy (non-hydrogen) atoms. The third kappa shape index (κ3) is 2.30. The minimum atomic E-state index is 0.349. The van der Waals surface area contributed by atoms with E-state index < -0.39 is 0 Å². The monoisotopic (exact) mass is 318 g/mol. The number of piperazine rings is 1. The fraction of sp³-hybridized carbons (Fsp3) is 0.308. The zero-order valence-corrected chi connectivity index (χ0v) is 12.9. The van der Waals surface area contributed by atoms with Crippen LogP contribution < -0.4 is 15.5 Å². The average Bonchev–Trinajstić information content (AvgIpc) is 3.17. The first-order valence-electron chi connectivity index (χ1n) is 6.71. The standard InChI is InChI=1S/C13H14N6S2/c14-12-16-10(9-1-7-20-11(9)17-12)18-3-5-19(6-4-18)13-15-2-8-21-13/h1-2,7-8H,3-6H2,(H2,14,16,17). The Kier molecular flexibility index (Phi) is 3.12. The molecule has 8 heteroatoms. The van der Waals surface area contributed by atoms with E-state index in [0.717, 1.165) is 47.3 Å². The van der Waals surface area contributed by atoms with E-state index in [0.29, 0.717) is 5.95 Å². The van der Waals surface area contributed by atoms with E-state index in [4.69, 9.17) is 5.73 Å². The van der Waals surface area contributed by atoms with Gasteiger partial charge in [0, 0.05) is 37.8 Å². The first kappa shape index (κ1) is 12.8. The molecule has 4 heterocycles. The van der Waals surface area contributed by atoms with Crippen LogP contribution in [0.1, 0.15) is 0 Å². The van der Waals surface area contributed by atoms with Gasteiger partial charge in [-0.25, -0.2) is 9.97 Å². The lowest BCUT2D eigenvalue weighted by atomic mass is 10.3. The highest BCUT2D eigenvalue weighted by Crippen LogP contribution is 2.29. The van der Waals surface area contributed by atoms with Crippen LogP contribution in [0.25, 0.3) is 10.2 Å². The third-order valence-corrected chi connectivity index (χ3v) is 5.23. The highest BCUT2D eigenvalue weighted by Gasteiger charge is 2.22. The Balaban J connectivity index is 1.59. The average molecular weight is 318 g/mol. The number of thiophene rings is 1. The number of nitrogens with two attached hydrogens (primary N) is 1. The molecule has 2 N–H and O–H groups in total. The molecule has 0 spiro atoms. The molecule has 1 aliphatic heterocycles. The highest BCUT2D eigenvalue weighted by atomic mass is 32.1. The minimum absolute atomic E-state index is 0.349. The largest absolute Gasteiger partial charge is 0.368 e. The molecule has 0 bridgehead atoms. The van der Waals surface area contributed by atoms with Gasteiger partial charge >= 0.3 is 0 Å². The Morgan fingerprint density at radius 1 is 1.00 bits per heavy atom. The van der Waals surface area contributed by atoms with Crippen molar-refractivity contribution in [1.82, 2.24) is 15.0 Å². The van der Waals surface area contributed by atoms with Gasteiger partial charge in [0.1, 0.15) is 10.6 Å². The lowest BCUT2D eigenvalue weighted by Crippen LogP contribution is -2.46. The lowest BCUT2D eigenvalue weighted by molar-refractivity contribution is 0.648. The molecule has 0 saturated carbocycles. The van der Waals surface area contributed by atoms with Gasteiger partial charge in [0.25, 0.3) is 0 Å². The maximum atomic E-state index is 5.83. The van der Waals surface area contributed by atoms with Gasteiger partial charge in [-0.3, -0.25) is 0 Å². The lowest BCUT2D eigenvalue weighted by Gasteiger charge is -2.35. The van der Waals surface area contributed by atoms with Gasteiger partial charge in [-0.2, -0.15) is 4.98 Å². The predicted molar refractivity (Wildman–Crippen MR) is 88.4 cm³/mol. The molecule has 1 saturated heterocycles. The minimum Gasteiger partial charge on any atom is -0.368 e. The molecular weight excluding hydrogens is 304 g/mol. The van der Waals surface area contributed by atoms with Crippen molar-refractivity contribution in [2.45, 2.75) is 0 Å². The summed E-state index contributed by atoms with van der Waals surface area (Å²) in [5.41, 5.74) is 5.83. The Labute approximate surface area is 129 Å². The Morgan fingerprint density at radius 2 is 1.81 bits per heavy atom. The summed E-state index contributed by atoms with van der Waals surface area (Å²) in [6, 6.07) is 2.07. The Morgan fingerprint density at radius 3 is 2.57 bits per heavy atom. The maximum absolute atomic E-state index is 5.83. The van der Waals surface area contributed by atoms with Crippen molar-refractivity contribution >= 4 is 49.8 Å². The molecule has 3 aromatic heterocycles. The molecule has 0 atom stereocenters. The summed E-state index contributed by atoms with van der Waals surface area (Å²) >= 11 is 3.29. The molecule has 0 aromatic carbocycles. The second-order valence-corrected chi connectivity index (χ2v) is 6.60. The van der Waals surface area contributed by atoms with Crippen molar-refractivity contribution in [2.75, 3.05) is 41.7 Å². The first-order valence-corrected chi connectivity index (χ1v) is 8.47. The topological polar surface area (TPSA) is 71.2 Å². The summed E-state index contributed by atoms with van der Waals surface area (Å²) in [7, 11) is 0. The van der Waals surface area contributed by atoms with Crippen molar-refractivity contribution in [3.63, 3.8) is 0 Å². The number of aromatic nitrogens is 3. The van der Waals surface area contributed by atoms with E-state index in [1.165, 1.54) is 0 Å². The second kappa shape index (κ2) is 5.12. The maximum Gasteiger partial charge on any atom is 0.223 e. The van der Waals surface area contributed by atoms with Gasteiger partial charge in [-0.05, 0) is 11.4 Å². The number of rotatable bonds is 2. The van der Waals surface area contributed by atoms with Crippen molar-refractivity contribution in [3.05, 3.63) is 23.0 Å². The molecule has 0 aliphatic carbocycles. The molecule has 3 aromatic rings. The van der Waals surface area contributed by atoms with Crippen LogP contribution in [0.2, 0.25) is 0 Å². The fourth-order valence-corrected chi connectivity index (χ4v) is 4.04. The van der Waals surface area contributed by atoms with Crippen LogP contribution in [0.3, 0.4) is 0 Å². The molecule has 0 radical (unpaired) electrons.